The van der Waals surface area contributed by atoms with E-state index in [1.165, 1.54) is 7.11 Å². The van der Waals surface area contributed by atoms with Crippen molar-refractivity contribution in [2.45, 2.75) is 6.92 Å². The molecule has 1 N–H and O–H groups in total. The van der Waals surface area contributed by atoms with Crippen LogP contribution in [0.4, 0.5) is 5.69 Å². The fourth-order valence-corrected chi connectivity index (χ4v) is 1.85. The molecule has 5 heteroatoms. The molecule has 0 unspecified atom stereocenters. The average molecular weight is 303 g/mol. The predicted octanol–water partition coefficient (Wildman–Crippen LogP) is 3.88. The standard InChI is InChI=1S/C16H15ClN2O2/c1-11-3-8-14(9-15(11)17)19-18-10-12-4-6-13(7-5-12)16(20)21-2/h3-10,19H,1-2H3. The molecule has 0 aliphatic carbocycles. The zero-order chi connectivity index (χ0) is 15.2. The SMILES string of the molecule is COC(=O)c1ccc(C=NNc2ccc(C)c(Cl)c2)cc1. The van der Waals surface area contributed by atoms with Crippen molar-refractivity contribution in [1.29, 1.82) is 0 Å². The minimum Gasteiger partial charge on any atom is -0.465 e. The van der Waals surface area contributed by atoms with Crippen LogP contribution in [0.1, 0.15) is 21.5 Å². The van der Waals surface area contributed by atoms with E-state index in [9.17, 15) is 4.79 Å². The highest BCUT2D eigenvalue weighted by Crippen LogP contribution is 2.19. The lowest BCUT2D eigenvalue weighted by molar-refractivity contribution is 0.0601. The maximum atomic E-state index is 11.3. The van der Waals surface area contributed by atoms with Crippen molar-refractivity contribution in [3.05, 3.63) is 64.2 Å². The summed E-state index contributed by atoms with van der Waals surface area (Å²) in [5.74, 6) is -0.356. The van der Waals surface area contributed by atoms with Crippen LogP contribution in [0.5, 0.6) is 0 Å². The van der Waals surface area contributed by atoms with Crippen molar-refractivity contribution in [2.75, 3.05) is 12.5 Å². The van der Waals surface area contributed by atoms with Crippen LogP contribution in [0.15, 0.2) is 47.6 Å². The largest absolute Gasteiger partial charge is 0.465 e. The molecule has 2 aromatic rings. The number of carbonyl (C=O) groups is 1. The first-order chi connectivity index (χ1) is 10.1. The van der Waals surface area contributed by atoms with E-state index in [1.807, 2.05) is 25.1 Å². The molecule has 0 saturated carbocycles. The van der Waals surface area contributed by atoms with Crippen molar-refractivity contribution >= 4 is 29.5 Å². The number of nitrogens with one attached hydrogen (secondary N) is 1. The normalized spacial score (nSPS) is 10.6. The lowest BCUT2D eigenvalue weighted by Crippen LogP contribution is -2.00. The van der Waals surface area contributed by atoms with Crippen LogP contribution < -0.4 is 5.43 Å². The Morgan fingerprint density at radius 1 is 1.24 bits per heavy atom. The van der Waals surface area contributed by atoms with Crippen LogP contribution in [-0.4, -0.2) is 19.3 Å². The maximum Gasteiger partial charge on any atom is 0.337 e. The smallest absolute Gasteiger partial charge is 0.337 e. The first-order valence-electron chi connectivity index (χ1n) is 6.34. The van der Waals surface area contributed by atoms with Crippen molar-refractivity contribution in [1.82, 2.24) is 0 Å². The highest BCUT2D eigenvalue weighted by atomic mass is 35.5. The molecule has 0 bridgehead atoms. The number of methoxy groups -OCH3 is 1. The van der Waals surface area contributed by atoms with Crippen molar-refractivity contribution in [3.63, 3.8) is 0 Å². The molecule has 0 heterocycles. The monoisotopic (exact) mass is 302 g/mol. The van der Waals surface area contributed by atoms with Gasteiger partial charge in [-0.3, -0.25) is 5.43 Å². The Kier molecular flexibility index (Phi) is 4.95. The quantitative estimate of drug-likeness (QED) is 0.530. The Balaban J connectivity index is 2.01. The van der Waals surface area contributed by atoms with Crippen molar-refractivity contribution in [2.24, 2.45) is 5.10 Å². The van der Waals surface area contributed by atoms with Gasteiger partial charge in [0.05, 0.1) is 24.6 Å². The summed E-state index contributed by atoms with van der Waals surface area (Å²) in [6, 6.07) is 12.6. The summed E-state index contributed by atoms with van der Waals surface area (Å²) in [6.07, 6.45) is 1.66. The van der Waals surface area contributed by atoms with Gasteiger partial charge in [-0.25, -0.2) is 4.79 Å². The van der Waals surface area contributed by atoms with Gasteiger partial charge in [0.15, 0.2) is 0 Å². The minimum absolute atomic E-state index is 0.356. The number of benzene rings is 2. The van der Waals surface area contributed by atoms with Gasteiger partial charge in [0.1, 0.15) is 0 Å². The summed E-state index contributed by atoms with van der Waals surface area (Å²) in [5.41, 5.74) is 6.11. The molecule has 21 heavy (non-hydrogen) atoms. The van der Waals surface area contributed by atoms with E-state index in [1.54, 1.807) is 30.5 Å². The van der Waals surface area contributed by atoms with E-state index >= 15 is 0 Å². The highest BCUT2D eigenvalue weighted by Gasteiger charge is 2.03. The number of carbonyl (C=O) groups excluding carboxylic acids is 1. The number of ether oxygens (including phenoxy) is 1. The van der Waals surface area contributed by atoms with Gasteiger partial charge < -0.3 is 4.74 Å². The third kappa shape index (κ3) is 4.07. The van der Waals surface area contributed by atoms with E-state index in [4.69, 9.17) is 11.6 Å². The lowest BCUT2D eigenvalue weighted by Gasteiger charge is -2.03. The molecule has 0 saturated heterocycles. The number of anilines is 1. The molecule has 2 rings (SSSR count). The Morgan fingerprint density at radius 2 is 1.95 bits per heavy atom. The van der Waals surface area contributed by atoms with Gasteiger partial charge >= 0.3 is 5.97 Å². The number of esters is 1. The van der Waals surface area contributed by atoms with E-state index in [0.717, 1.165) is 16.8 Å². The zero-order valence-electron chi connectivity index (χ0n) is 11.8. The first-order valence-corrected chi connectivity index (χ1v) is 6.71. The van der Waals surface area contributed by atoms with Crippen LogP contribution in [0.2, 0.25) is 5.02 Å². The number of hydrogen-bond donors (Lipinski definition) is 1. The molecule has 0 atom stereocenters. The van der Waals surface area contributed by atoms with Gasteiger partial charge in [-0.15, -0.1) is 0 Å². The summed E-state index contributed by atoms with van der Waals surface area (Å²) >= 11 is 6.03. The number of hydrazone groups is 1. The van der Waals surface area contributed by atoms with Gasteiger partial charge in [0.25, 0.3) is 0 Å². The fraction of sp³-hybridized carbons (Fsp3) is 0.125. The molecule has 2 aromatic carbocycles. The van der Waals surface area contributed by atoms with Crippen LogP contribution >= 0.6 is 11.6 Å². The maximum absolute atomic E-state index is 11.3. The Bertz CT molecular complexity index is 666. The molecule has 0 aliphatic heterocycles. The fourth-order valence-electron chi connectivity index (χ4n) is 1.67. The zero-order valence-corrected chi connectivity index (χ0v) is 12.5. The lowest BCUT2D eigenvalue weighted by atomic mass is 10.1. The second kappa shape index (κ2) is 6.90. The summed E-state index contributed by atoms with van der Waals surface area (Å²) in [4.78, 5) is 11.3. The third-order valence-electron chi connectivity index (χ3n) is 2.91. The van der Waals surface area contributed by atoms with Crippen LogP contribution in [-0.2, 0) is 4.74 Å². The highest BCUT2D eigenvalue weighted by molar-refractivity contribution is 6.31. The van der Waals surface area contributed by atoms with Gasteiger partial charge in [0.2, 0.25) is 0 Å². The average Bonchev–Trinajstić information content (AvgIpc) is 2.51. The minimum atomic E-state index is -0.356. The number of rotatable bonds is 4. The van der Waals surface area contributed by atoms with E-state index in [0.29, 0.717) is 10.6 Å². The molecule has 0 spiro atoms. The number of nitrogens with zero attached hydrogens (tertiary/aromatic N) is 1. The molecular formula is C16H15ClN2O2. The molecule has 0 aliphatic rings. The predicted molar refractivity (Wildman–Crippen MR) is 85.2 cm³/mol. The molecule has 108 valence electrons. The summed E-state index contributed by atoms with van der Waals surface area (Å²) in [5, 5.41) is 4.82. The third-order valence-corrected chi connectivity index (χ3v) is 3.32. The Morgan fingerprint density at radius 3 is 2.57 bits per heavy atom. The topological polar surface area (TPSA) is 50.7 Å². The molecular weight excluding hydrogens is 288 g/mol. The van der Waals surface area contributed by atoms with Gasteiger partial charge in [-0.2, -0.15) is 5.10 Å². The van der Waals surface area contributed by atoms with Crippen molar-refractivity contribution in [3.8, 4) is 0 Å². The molecule has 4 nitrogen and oxygen atoms in total. The van der Waals surface area contributed by atoms with E-state index in [2.05, 4.69) is 15.3 Å². The van der Waals surface area contributed by atoms with Gasteiger partial charge in [-0.05, 0) is 42.3 Å². The number of hydrogen-bond acceptors (Lipinski definition) is 4. The van der Waals surface area contributed by atoms with Crippen molar-refractivity contribution < 1.29 is 9.53 Å². The summed E-state index contributed by atoms with van der Waals surface area (Å²) in [6.45, 7) is 1.94. The molecule has 0 fully saturated rings. The van der Waals surface area contributed by atoms with Crippen LogP contribution in [0.25, 0.3) is 0 Å². The second-order valence-corrected chi connectivity index (χ2v) is 4.85. The first kappa shape index (κ1) is 15.1. The second-order valence-electron chi connectivity index (χ2n) is 4.45. The van der Waals surface area contributed by atoms with E-state index < -0.39 is 0 Å². The van der Waals surface area contributed by atoms with E-state index in [-0.39, 0.29) is 5.97 Å². The van der Waals surface area contributed by atoms with Gasteiger partial charge in [0, 0.05) is 5.02 Å². The number of aryl methyl sites for hydroxylation is 1. The Hall–Kier alpha value is -2.33. The molecule has 0 amide bonds. The number of halogens is 1. The Labute approximate surface area is 128 Å². The summed E-state index contributed by atoms with van der Waals surface area (Å²) < 4.78 is 4.64. The molecule has 0 radical (unpaired) electrons. The van der Waals surface area contributed by atoms with Crippen LogP contribution in [0.3, 0.4) is 0 Å². The van der Waals surface area contributed by atoms with Crippen LogP contribution in [0, 0.1) is 6.92 Å². The van der Waals surface area contributed by atoms with Gasteiger partial charge in [-0.1, -0.05) is 29.8 Å². The molecule has 0 aromatic heterocycles. The summed E-state index contributed by atoms with van der Waals surface area (Å²) in [7, 11) is 1.36.